The van der Waals surface area contributed by atoms with Gasteiger partial charge in [-0.25, -0.2) is 13.4 Å². The van der Waals surface area contributed by atoms with Gasteiger partial charge in [0.15, 0.2) is 0 Å². The summed E-state index contributed by atoms with van der Waals surface area (Å²) in [6.45, 7) is 5.59. The number of ether oxygens (including phenoxy) is 1. The molecule has 1 saturated heterocycles. The molecule has 0 bridgehead atoms. The first-order valence-corrected chi connectivity index (χ1v) is 17.4. The van der Waals surface area contributed by atoms with Crippen molar-refractivity contribution in [3.8, 4) is 16.9 Å². The molecular weight excluding hydrogens is 672 g/mol. The number of halogens is 1. The van der Waals surface area contributed by atoms with Gasteiger partial charge in [-0.1, -0.05) is 0 Å². The van der Waals surface area contributed by atoms with E-state index in [0.717, 1.165) is 29.8 Å². The second kappa shape index (κ2) is 11.7. The van der Waals surface area contributed by atoms with Crippen LogP contribution in [0.4, 0.5) is 34.5 Å². The van der Waals surface area contributed by atoms with Crippen LogP contribution in [-0.4, -0.2) is 70.1 Å². The van der Waals surface area contributed by atoms with E-state index in [9.17, 15) is 8.42 Å². The number of rotatable bonds is 7. The highest BCUT2D eigenvalue weighted by Gasteiger charge is 2.32. The zero-order chi connectivity index (χ0) is 32.2. The maximum atomic E-state index is 13.0. The molecule has 2 aromatic carbocycles. The minimum Gasteiger partial charge on any atom is -0.494 e. The Labute approximate surface area is 275 Å². The number of nitrogens with one attached hydrogen (secondary N) is 2. The van der Waals surface area contributed by atoms with Crippen molar-refractivity contribution in [2.75, 3.05) is 45.8 Å². The molecule has 0 amide bonds. The summed E-state index contributed by atoms with van der Waals surface area (Å²) < 4.78 is 35.9. The highest BCUT2D eigenvalue weighted by Crippen LogP contribution is 2.44. The fourth-order valence-corrected chi connectivity index (χ4v) is 8.06. The zero-order valence-corrected chi connectivity index (χ0v) is 28.2. The van der Waals surface area contributed by atoms with Crippen LogP contribution in [0.15, 0.2) is 53.5 Å². The molecule has 46 heavy (non-hydrogen) atoms. The van der Waals surface area contributed by atoms with Crippen molar-refractivity contribution in [2.45, 2.75) is 32.7 Å². The van der Waals surface area contributed by atoms with Gasteiger partial charge in [0.1, 0.15) is 22.8 Å². The third-order valence-electron chi connectivity index (χ3n) is 8.40. The average Bonchev–Trinajstić information content (AvgIpc) is 3.53. The number of fused-ring (bicyclic) bond motifs is 4. The van der Waals surface area contributed by atoms with E-state index >= 15 is 0 Å². The van der Waals surface area contributed by atoms with E-state index < -0.39 is 10.0 Å². The molecule has 0 spiro atoms. The second-order valence-corrected chi connectivity index (χ2v) is 14.4. The van der Waals surface area contributed by atoms with E-state index in [1.807, 2.05) is 17.9 Å². The number of aryl methyl sites for hydroxylation is 1. The lowest BCUT2D eigenvalue weighted by Gasteiger charge is -2.30. The summed E-state index contributed by atoms with van der Waals surface area (Å²) in [7, 11) is 0.112. The summed E-state index contributed by atoms with van der Waals surface area (Å²) in [5.41, 5.74) is 7.12. The summed E-state index contributed by atoms with van der Waals surface area (Å²) in [5, 5.41) is 11.2. The molecule has 0 unspecified atom stereocenters. The van der Waals surface area contributed by atoms with Gasteiger partial charge < -0.3 is 20.3 Å². The van der Waals surface area contributed by atoms with Gasteiger partial charge in [0, 0.05) is 79.8 Å². The maximum Gasteiger partial charge on any atom is 0.235 e. The Morgan fingerprint density at radius 1 is 1.00 bits per heavy atom. The Balaban J connectivity index is 1.28. The molecule has 5 aromatic rings. The molecule has 13 nitrogen and oxygen atoms in total. The number of anilines is 6. The summed E-state index contributed by atoms with van der Waals surface area (Å²) in [5.74, 6) is 1.48. The lowest BCUT2D eigenvalue weighted by atomic mass is 10.0. The van der Waals surface area contributed by atoms with Crippen molar-refractivity contribution in [3.05, 3.63) is 59.2 Å². The van der Waals surface area contributed by atoms with Gasteiger partial charge in [0.2, 0.25) is 16.0 Å². The van der Waals surface area contributed by atoms with Crippen molar-refractivity contribution in [1.29, 1.82) is 0 Å². The van der Waals surface area contributed by atoms with E-state index in [1.165, 1.54) is 10.00 Å². The lowest BCUT2D eigenvalue weighted by molar-refractivity contribution is 0.416. The average molecular weight is 706 g/mol. The number of nitrogens with zero attached hydrogens (tertiary/aromatic N) is 8. The first kappa shape index (κ1) is 30.2. The zero-order valence-electron chi connectivity index (χ0n) is 25.8. The number of aromatic nitrogens is 6. The Hall–Kier alpha value is -4.50. The Kier molecular flexibility index (Phi) is 7.67. The minimum absolute atomic E-state index is 0.0758. The fourth-order valence-electron chi connectivity index (χ4n) is 6.19. The maximum absolute atomic E-state index is 13.0. The number of sulfonamides is 1. The Morgan fingerprint density at radius 3 is 2.59 bits per heavy atom. The monoisotopic (exact) mass is 704 g/mol. The van der Waals surface area contributed by atoms with Crippen LogP contribution >= 0.6 is 15.9 Å². The highest BCUT2D eigenvalue weighted by molar-refractivity contribution is 9.10. The fraction of sp³-hybridized carbons (Fsp3) is 0.323. The normalized spacial score (nSPS) is 15.5. The number of methoxy groups -OCH3 is 1. The van der Waals surface area contributed by atoms with Gasteiger partial charge in [-0.3, -0.25) is 19.0 Å². The van der Waals surface area contributed by atoms with Gasteiger partial charge >= 0.3 is 0 Å². The van der Waals surface area contributed by atoms with E-state index in [4.69, 9.17) is 9.72 Å². The predicted molar refractivity (Wildman–Crippen MR) is 183 cm³/mol. The lowest BCUT2D eigenvalue weighted by Crippen LogP contribution is -2.32. The van der Waals surface area contributed by atoms with Crippen LogP contribution in [0.5, 0.6) is 5.75 Å². The number of hydrogen-bond donors (Lipinski definition) is 2. The van der Waals surface area contributed by atoms with Crippen molar-refractivity contribution in [1.82, 2.24) is 29.7 Å². The molecule has 2 N–H and O–H groups in total. The molecule has 5 heterocycles. The largest absolute Gasteiger partial charge is 0.494 e. The molecule has 0 aliphatic carbocycles. The third-order valence-corrected chi connectivity index (χ3v) is 10.8. The molecule has 0 radical (unpaired) electrons. The number of hydrogen-bond acceptors (Lipinski definition) is 11. The van der Waals surface area contributed by atoms with E-state index in [0.29, 0.717) is 63.0 Å². The van der Waals surface area contributed by atoms with Gasteiger partial charge in [0.25, 0.3) is 0 Å². The van der Waals surface area contributed by atoms with Crippen molar-refractivity contribution in [3.63, 3.8) is 0 Å². The Morgan fingerprint density at radius 2 is 1.83 bits per heavy atom. The molecule has 7 rings (SSSR count). The van der Waals surface area contributed by atoms with Crippen LogP contribution < -0.4 is 24.6 Å². The first-order valence-electron chi connectivity index (χ1n) is 14.9. The van der Waals surface area contributed by atoms with Crippen LogP contribution in [0, 0.1) is 0 Å². The van der Waals surface area contributed by atoms with Crippen LogP contribution in [-0.2, 0) is 23.5 Å². The second-order valence-electron chi connectivity index (χ2n) is 11.5. The van der Waals surface area contributed by atoms with Crippen LogP contribution in [0.25, 0.3) is 22.2 Å². The molecule has 2 aliphatic heterocycles. The van der Waals surface area contributed by atoms with E-state index in [1.54, 1.807) is 37.8 Å². The molecule has 0 atom stereocenters. The smallest absolute Gasteiger partial charge is 0.235 e. The highest BCUT2D eigenvalue weighted by atomic mass is 79.9. The topological polar surface area (TPSA) is 143 Å². The van der Waals surface area contributed by atoms with Crippen LogP contribution in [0.2, 0.25) is 0 Å². The van der Waals surface area contributed by atoms with Crippen molar-refractivity contribution >= 4 is 71.5 Å². The van der Waals surface area contributed by atoms with Gasteiger partial charge in [0.05, 0.1) is 40.4 Å². The van der Waals surface area contributed by atoms with Gasteiger partial charge in [-0.05, 0) is 54.4 Å². The van der Waals surface area contributed by atoms with Crippen molar-refractivity contribution in [2.24, 2.45) is 7.05 Å². The Bertz CT molecular complexity index is 2090. The summed E-state index contributed by atoms with van der Waals surface area (Å²) in [6.07, 6.45) is 8.10. The summed E-state index contributed by atoms with van der Waals surface area (Å²) in [6, 6.07) is 8.00. The summed E-state index contributed by atoms with van der Waals surface area (Å²) in [4.78, 5) is 20.6. The molecule has 238 valence electrons. The number of benzene rings is 2. The van der Waals surface area contributed by atoms with Crippen LogP contribution in [0.1, 0.15) is 26.0 Å². The van der Waals surface area contributed by atoms with Gasteiger partial charge in [-0.2, -0.15) is 10.1 Å². The molecule has 2 aliphatic rings. The van der Waals surface area contributed by atoms with Crippen LogP contribution in [0.3, 0.4) is 0 Å². The van der Waals surface area contributed by atoms with Gasteiger partial charge in [-0.15, -0.1) is 0 Å². The van der Waals surface area contributed by atoms with E-state index in [-0.39, 0.29) is 11.8 Å². The molecule has 0 saturated carbocycles. The molecule has 3 aromatic heterocycles. The summed E-state index contributed by atoms with van der Waals surface area (Å²) >= 11 is 3.57. The SMILES string of the molecule is COc1cc2c(cc1Nc1ncc(Br)c(Nc3ccc4nccnc4c3N3CCCS3(=O)=O)n1)-c1cnn(C)c1CCN2C(C)C. The minimum atomic E-state index is -3.51. The molecule has 15 heteroatoms. The molecular formula is C31H33BrN10O3S. The first-order chi connectivity index (χ1) is 22.1. The predicted octanol–water partition coefficient (Wildman–Crippen LogP) is 5.39. The molecule has 1 fully saturated rings. The quantitative estimate of drug-likeness (QED) is 0.225. The standard InChI is InChI=1S/C31H33BrN10O3S/c1-18(2)41-12-8-25-20(16-36-40(25)3)19-14-24(27(45-4)15-26(19)41)38-31-35-17-21(32)30(39-31)37-23-7-6-22-28(34-10-9-33-22)29(23)42-11-5-13-46(42,43)44/h6-7,9-10,14-18H,5,8,11-13H2,1-4H3,(H2,35,37,38,39). The van der Waals surface area contributed by atoms with E-state index in [2.05, 4.69) is 77.5 Å². The van der Waals surface area contributed by atoms with Crippen molar-refractivity contribution < 1.29 is 13.2 Å². The third kappa shape index (κ3) is 5.26.